The molecule has 2 aromatic rings. The van der Waals surface area contributed by atoms with Crippen LogP contribution >= 0.6 is 11.8 Å². The van der Waals surface area contributed by atoms with Crippen LogP contribution in [-0.2, 0) is 0 Å². The molecule has 7 heteroatoms. The van der Waals surface area contributed by atoms with Crippen LogP contribution in [0, 0.1) is 0 Å². The van der Waals surface area contributed by atoms with Crippen LogP contribution in [0.2, 0.25) is 0 Å². The maximum Gasteiger partial charge on any atom is 0.337 e. The van der Waals surface area contributed by atoms with Crippen LogP contribution in [-0.4, -0.2) is 34.0 Å². The van der Waals surface area contributed by atoms with E-state index in [0.717, 1.165) is 4.90 Å². The summed E-state index contributed by atoms with van der Waals surface area (Å²) in [5, 5.41) is 9.07. The van der Waals surface area contributed by atoms with Crippen molar-refractivity contribution in [1.82, 2.24) is 15.2 Å². The van der Waals surface area contributed by atoms with E-state index in [-0.39, 0.29) is 17.9 Å². The molecule has 0 aliphatic heterocycles. The van der Waals surface area contributed by atoms with Crippen LogP contribution < -0.4 is 10.1 Å². The van der Waals surface area contributed by atoms with Crippen molar-refractivity contribution in [2.75, 3.05) is 18.2 Å². The minimum Gasteiger partial charge on any atom is -0.463 e. The zero-order chi connectivity index (χ0) is 13.7. The van der Waals surface area contributed by atoms with E-state index < -0.39 is 0 Å². The maximum absolute atomic E-state index is 12.1. The van der Waals surface area contributed by atoms with Gasteiger partial charge < -0.3 is 4.74 Å². The number of hydrogen-bond donors (Lipinski definition) is 2. The number of aromatic nitrogens is 3. The fourth-order valence-electron chi connectivity index (χ4n) is 1.50. The summed E-state index contributed by atoms with van der Waals surface area (Å²) in [5.74, 6) is 0.0357. The van der Waals surface area contributed by atoms with Crippen molar-refractivity contribution in [1.29, 1.82) is 0 Å². The van der Waals surface area contributed by atoms with Crippen molar-refractivity contribution in [3.63, 3.8) is 0 Å². The SMILES string of the molecule is CCOc1n[nH]c(NC(=O)c2ccccc2SC)n1. The van der Waals surface area contributed by atoms with Crippen LogP contribution in [0.3, 0.4) is 0 Å². The standard InChI is InChI=1S/C12H14N4O2S/c1-3-18-12-14-11(15-16-12)13-10(17)8-6-4-5-7-9(8)19-2/h4-7H,3H2,1-2H3,(H2,13,14,15,16,17). The Hall–Kier alpha value is -2.02. The second-order valence-electron chi connectivity index (χ2n) is 3.55. The molecule has 1 aromatic heterocycles. The Bertz CT molecular complexity index is 570. The number of aromatic amines is 1. The van der Waals surface area contributed by atoms with Crippen molar-refractivity contribution in [3.05, 3.63) is 29.8 Å². The number of nitrogens with one attached hydrogen (secondary N) is 2. The summed E-state index contributed by atoms with van der Waals surface area (Å²) in [5.41, 5.74) is 0.601. The van der Waals surface area contributed by atoms with Crippen LogP contribution in [0.25, 0.3) is 0 Å². The molecule has 0 fully saturated rings. The Kier molecular flexibility index (Phi) is 4.40. The van der Waals surface area contributed by atoms with E-state index in [1.807, 2.05) is 31.4 Å². The molecule has 0 bridgehead atoms. The van der Waals surface area contributed by atoms with Gasteiger partial charge in [-0.2, -0.15) is 4.98 Å². The molecule has 0 unspecified atom stereocenters. The van der Waals surface area contributed by atoms with Gasteiger partial charge in [0.25, 0.3) is 5.91 Å². The molecule has 2 N–H and O–H groups in total. The first-order chi connectivity index (χ1) is 9.24. The molecule has 0 saturated heterocycles. The summed E-state index contributed by atoms with van der Waals surface area (Å²) >= 11 is 1.52. The van der Waals surface area contributed by atoms with Crippen LogP contribution in [0.15, 0.2) is 29.2 Å². The normalized spacial score (nSPS) is 10.2. The summed E-state index contributed by atoms with van der Waals surface area (Å²) < 4.78 is 5.11. The topological polar surface area (TPSA) is 79.9 Å². The average Bonchev–Trinajstić information content (AvgIpc) is 2.86. The molecule has 2 rings (SSSR count). The molecular weight excluding hydrogens is 264 g/mol. The number of H-pyrrole nitrogens is 1. The zero-order valence-corrected chi connectivity index (χ0v) is 11.5. The summed E-state index contributed by atoms with van der Waals surface area (Å²) in [6.07, 6.45) is 1.92. The molecule has 0 aliphatic carbocycles. The molecule has 0 radical (unpaired) electrons. The zero-order valence-electron chi connectivity index (χ0n) is 10.6. The quantitative estimate of drug-likeness (QED) is 0.819. The monoisotopic (exact) mass is 278 g/mol. The minimum absolute atomic E-state index is 0.218. The van der Waals surface area contributed by atoms with Crippen molar-refractivity contribution in [3.8, 4) is 6.01 Å². The van der Waals surface area contributed by atoms with Crippen molar-refractivity contribution < 1.29 is 9.53 Å². The van der Waals surface area contributed by atoms with Gasteiger partial charge in [0.2, 0.25) is 5.95 Å². The summed E-state index contributed by atoms with van der Waals surface area (Å²) in [4.78, 5) is 17.0. The first kappa shape index (κ1) is 13.4. The molecule has 1 amide bonds. The molecule has 6 nitrogen and oxygen atoms in total. The first-order valence-electron chi connectivity index (χ1n) is 5.74. The van der Waals surface area contributed by atoms with Crippen molar-refractivity contribution in [2.24, 2.45) is 0 Å². The highest BCUT2D eigenvalue weighted by atomic mass is 32.2. The molecule has 0 spiro atoms. The lowest BCUT2D eigenvalue weighted by molar-refractivity contribution is 0.102. The summed E-state index contributed by atoms with van der Waals surface area (Å²) in [6, 6.07) is 7.59. The molecule has 19 heavy (non-hydrogen) atoms. The largest absolute Gasteiger partial charge is 0.463 e. The number of ether oxygens (including phenoxy) is 1. The maximum atomic E-state index is 12.1. The van der Waals surface area contributed by atoms with Crippen molar-refractivity contribution >= 4 is 23.6 Å². The molecule has 0 saturated carbocycles. The lowest BCUT2D eigenvalue weighted by Gasteiger charge is -2.05. The van der Waals surface area contributed by atoms with E-state index in [2.05, 4.69) is 20.5 Å². The highest BCUT2D eigenvalue weighted by molar-refractivity contribution is 7.98. The number of hydrogen-bond acceptors (Lipinski definition) is 5. The summed E-state index contributed by atoms with van der Waals surface area (Å²) in [6.45, 7) is 2.31. The number of carbonyl (C=O) groups is 1. The van der Waals surface area contributed by atoms with Gasteiger partial charge >= 0.3 is 6.01 Å². The third-order valence-corrected chi connectivity index (χ3v) is 3.12. The number of benzene rings is 1. The molecular formula is C12H14N4O2S. The van der Waals surface area contributed by atoms with Crippen LogP contribution in [0.5, 0.6) is 6.01 Å². The Morgan fingerprint density at radius 3 is 3.00 bits per heavy atom. The number of nitrogens with zero attached hydrogens (tertiary/aromatic N) is 2. The van der Waals surface area contributed by atoms with Gasteiger partial charge in [0.1, 0.15) is 0 Å². The summed E-state index contributed by atoms with van der Waals surface area (Å²) in [7, 11) is 0. The predicted molar refractivity (Wildman–Crippen MR) is 73.7 cm³/mol. The lowest BCUT2D eigenvalue weighted by atomic mass is 10.2. The van der Waals surface area contributed by atoms with Crippen LogP contribution in [0.1, 0.15) is 17.3 Å². The van der Waals surface area contributed by atoms with Gasteiger partial charge in [-0.25, -0.2) is 5.10 Å². The number of thioether (sulfide) groups is 1. The first-order valence-corrected chi connectivity index (χ1v) is 6.96. The average molecular weight is 278 g/mol. The molecule has 0 aliphatic rings. The van der Waals surface area contributed by atoms with E-state index >= 15 is 0 Å². The van der Waals surface area contributed by atoms with Gasteiger partial charge in [-0.15, -0.1) is 16.9 Å². The van der Waals surface area contributed by atoms with Gasteiger partial charge in [-0.3, -0.25) is 10.1 Å². The smallest absolute Gasteiger partial charge is 0.337 e. The lowest BCUT2D eigenvalue weighted by Crippen LogP contribution is -2.14. The fourth-order valence-corrected chi connectivity index (χ4v) is 2.10. The van der Waals surface area contributed by atoms with Gasteiger partial charge in [0, 0.05) is 4.90 Å². The number of carbonyl (C=O) groups excluding carboxylic acids is 1. The van der Waals surface area contributed by atoms with E-state index in [9.17, 15) is 4.79 Å². The molecule has 1 aromatic carbocycles. The second-order valence-corrected chi connectivity index (χ2v) is 4.40. The van der Waals surface area contributed by atoms with E-state index in [1.54, 1.807) is 6.07 Å². The third-order valence-electron chi connectivity index (χ3n) is 2.32. The van der Waals surface area contributed by atoms with E-state index in [1.165, 1.54) is 11.8 Å². The highest BCUT2D eigenvalue weighted by Crippen LogP contribution is 2.20. The number of amides is 1. The van der Waals surface area contributed by atoms with Gasteiger partial charge in [-0.1, -0.05) is 12.1 Å². The number of anilines is 1. The highest BCUT2D eigenvalue weighted by Gasteiger charge is 2.12. The van der Waals surface area contributed by atoms with Gasteiger partial charge in [-0.05, 0) is 25.3 Å². The third kappa shape index (κ3) is 3.25. The second kappa shape index (κ2) is 6.24. The Morgan fingerprint density at radius 2 is 2.26 bits per heavy atom. The van der Waals surface area contributed by atoms with Crippen LogP contribution in [0.4, 0.5) is 5.95 Å². The predicted octanol–water partition coefficient (Wildman–Crippen LogP) is 2.18. The van der Waals surface area contributed by atoms with Gasteiger partial charge in [0.05, 0.1) is 12.2 Å². The Labute approximate surface area is 115 Å². The molecule has 0 atom stereocenters. The molecule has 1 heterocycles. The number of rotatable bonds is 5. The van der Waals surface area contributed by atoms with Crippen molar-refractivity contribution in [2.45, 2.75) is 11.8 Å². The Morgan fingerprint density at radius 1 is 1.47 bits per heavy atom. The minimum atomic E-state index is -0.232. The van der Waals surface area contributed by atoms with Gasteiger partial charge in [0.15, 0.2) is 0 Å². The van der Waals surface area contributed by atoms with E-state index in [4.69, 9.17) is 4.74 Å². The Balaban J connectivity index is 2.11. The molecule has 100 valence electrons. The van der Waals surface area contributed by atoms with E-state index in [0.29, 0.717) is 12.2 Å². The fraction of sp³-hybridized carbons (Fsp3) is 0.250.